The van der Waals surface area contributed by atoms with E-state index in [0.717, 1.165) is 4.74 Å². The summed E-state index contributed by atoms with van der Waals surface area (Å²) in [5, 5.41) is 22.4. The predicted molar refractivity (Wildman–Crippen MR) is 66.3 cm³/mol. The van der Waals surface area contributed by atoms with E-state index < -0.39 is 10.5 Å². The standard InChI is InChI=1S/C12H16N2O3/c1-9(13(15)12(2,3)4)10-5-7-11(8-6-10)14(16)17/h5-8H,1-4H3/b13-9-. The highest BCUT2D eigenvalue weighted by Gasteiger charge is 2.22. The van der Waals surface area contributed by atoms with Gasteiger partial charge in [-0.05, 0) is 12.1 Å². The Balaban J connectivity index is 3.14. The lowest BCUT2D eigenvalue weighted by Crippen LogP contribution is -2.32. The summed E-state index contributed by atoms with van der Waals surface area (Å²) in [7, 11) is 0. The Kier molecular flexibility index (Phi) is 3.50. The van der Waals surface area contributed by atoms with Crippen LogP contribution in [0.1, 0.15) is 33.3 Å². The third-order valence-corrected chi connectivity index (χ3v) is 2.41. The summed E-state index contributed by atoms with van der Waals surface area (Å²) in [6, 6.07) is 5.97. The molecule has 0 spiro atoms. The van der Waals surface area contributed by atoms with Crippen LogP contribution < -0.4 is 0 Å². The molecule has 0 saturated carbocycles. The zero-order valence-corrected chi connectivity index (χ0v) is 10.4. The van der Waals surface area contributed by atoms with Crippen LogP contribution in [-0.2, 0) is 0 Å². The molecule has 0 radical (unpaired) electrons. The lowest BCUT2D eigenvalue weighted by molar-refractivity contribution is -0.535. The number of nitrogens with zero attached hydrogens (tertiary/aromatic N) is 2. The predicted octanol–water partition coefficient (Wildman–Crippen LogP) is 2.71. The van der Waals surface area contributed by atoms with Crippen molar-refractivity contribution in [1.82, 2.24) is 0 Å². The van der Waals surface area contributed by atoms with E-state index in [1.54, 1.807) is 19.1 Å². The van der Waals surface area contributed by atoms with Crippen LogP contribution in [0.15, 0.2) is 24.3 Å². The van der Waals surface area contributed by atoms with Crippen LogP contribution in [0.25, 0.3) is 0 Å². The zero-order valence-electron chi connectivity index (χ0n) is 10.4. The van der Waals surface area contributed by atoms with Crippen molar-refractivity contribution in [2.24, 2.45) is 0 Å². The van der Waals surface area contributed by atoms with E-state index in [1.165, 1.54) is 12.1 Å². The molecule has 1 rings (SSSR count). The summed E-state index contributed by atoms with van der Waals surface area (Å²) in [5.41, 5.74) is 0.744. The third-order valence-electron chi connectivity index (χ3n) is 2.41. The van der Waals surface area contributed by atoms with Crippen molar-refractivity contribution >= 4 is 11.4 Å². The van der Waals surface area contributed by atoms with Crippen molar-refractivity contribution in [3.63, 3.8) is 0 Å². The molecular formula is C12H16N2O3. The number of rotatable bonds is 2. The average molecular weight is 236 g/mol. The largest absolute Gasteiger partial charge is 0.623 e. The van der Waals surface area contributed by atoms with Gasteiger partial charge in [-0.25, -0.2) is 4.74 Å². The molecule has 0 aliphatic heterocycles. The van der Waals surface area contributed by atoms with Crippen LogP contribution >= 0.6 is 0 Å². The van der Waals surface area contributed by atoms with Gasteiger partial charge in [0, 0.05) is 45.4 Å². The van der Waals surface area contributed by atoms with E-state index in [-0.39, 0.29) is 5.69 Å². The summed E-state index contributed by atoms with van der Waals surface area (Å²) in [6.07, 6.45) is 0. The highest BCUT2D eigenvalue weighted by Crippen LogP contribution is 2.14. The number of hydrogen-bond donors (Lipinski definition) is 0. The van der Waals surface area contributed by atoms with Gasteiger partial charge >= 0.3 is 0 Å². The summed E-state index contributed by atoms with van der Waals surface area (Å²) in [5.74, 6) is 0. The molecule has 0 aromatic heterocycles. The van der Waals surface area contributed by atoms with Crippen LogP contribution in [0, 0.1) is 15.3 Å². The van der Waals surface area contributed by atoms with Gasteiger partial charge in [0.25, 0.3) is 5.69 Å². The monoisotopic (exact) mass is 236 g/mol. The van der Waals surface area contributed by atoms with Gasteiger partial charge in [0.05, 0.1) is 4.92 Å². The van der Waals surface area contributed by atoms with Crippen molar-refractivity contribution in [2.75, 3.05) is 0 Å². The summed E-state index contributed by atoms with van der Waals surface area (Å²) in [6.45, 7) is 7.15. The molecule has 1 aromatic carbocycles. The maximum atomic E-state index is 11.9. The van der Waals surface area contributed by atoms with Gasteiger partial charge < -0.3 is 5.21 Å². The van der Waals surface area contributed by atoms with Gasteiger partial charge in [0.2, 0.25) is 0 Å². The molecule has 17 heavy (non-hydrogen) atoms. The molecule has 92 valence electrons. The van der Waals surface area contributed by atoms with Gasteiger partial charge in [-0.15, -0.1) is 0 Å². The molecule has 0 heterocycles. The number of nitro groups is 1. The van der Waals surface area contributed by atoms with Gasteiger partial charge in [-0.1, -0.05) is 0 Å². The number of hydrogen-bond acceptors (Lipinski definition) is 3. The lowest BCUT2D eigenvalue weighted by Gasteiger charge is -2.21. The average Bonchev–Trinajstić information content (AvgIpc) is 2.26. The van der Waals surface area contributed by atoms with Crippen molar-refractivity contribution < 1.29 is 9.66 Å². The van der Waals surface area contributed by atoms with E-state index in [1.807, 2.05) is 20.8 Å². The Morgan fingerprint density at radius 1 is 1.12 bits per heavy atom. The second kappa shape index (κ2) is 4.53. The van der Waals surface area contributed by atoms with Crippen LogP contribution in [0.2, 0.25) is 0 Å². The molecule has 0 aliphatic rings. The molecule has 1 aromatic rings. The molecule has 0 saturated heterocycles. The van der Waals surface area contributed by atoms with E-state index in [4.69, 9.17) is 0 Å². The Bertz CT molecular complexity index is 456. The minimum Gasteiger partial charge on any atom is -0.623 e. The number of hydroxylamine groups is 1. The van der Waals surface area contributed by atoms with Crippen LogP contribution in [-0.4, -0.2) is 20.9 Å². The van der Waals surface area contributed by atoms with Crippen LogP contribution in [0.3, 0.4) is 0 Å². The van der Waals surface area contributed by atoms with Gasteiger partial charge in [0.1, 0.15) is 0 Å². The third kappa shape index (κ3) is 3.03. The minimum atomic E-state index is -0.522. The zero-order chi connectivity index (χ0) is 13.2. The van der Waals surface area contributed by atoms with E-state index in [0.29, 0.717) is 11.3 Å². The van der Waals surface area contributed by atoms with E-state index in [2.05, 4.69) is 0 Å². The maximum Gasteiger partial charge on any atom is 0.269 e. The summed E-state index contributed by atoms with van der Waals surface area (Å²) >= 11 is 0. The first-order valence-electron chi connectivity index (χ1n) is 5.29. The molecule has 0 aliphatic carbocycles. The smallest absolute Gasteiger partial charge is 0.269 e. The molecule has 0 atom stereocenters. The Morgan fingerprint density at radius 2 is 1.59 bits per heavy atom. The number of benzene rings is 1. The van der Waals surface area contributed by atoms with E-state index >= 15 is 0 Å². The molecule has 0 N–H and O–H groups in total. The molecule has 0 unspecified atom stereocenters. The quantitative estimate of drug-likeness (QED) is 0.260. The highest BCUT2D eigenvalue weighted by molar-refractivity contribution is 5.95. The fourth-order valence-electron chi connectivity index (χ4n) is 1.44. The van der Waals surface area contributed by atoms with Crippen molar-refractivity contribution in [3.8, 4) is 0 Å². The maximum absolute atomic E-state index is 11.9. The summed E-state index contributed by atoms with van der Waals surface area (Å²) < 4.78 is 0.911. The SMILES string of the molecule is C/C(c1ccc([N+](=O)[O-])cc1)=[N+](/[O-])C(C)(C)C. The molecule has 0 bridgehead atoms. The van der Waals surface area contributed by atoms with Crippen molar-refractivity contribution in [2.45, 2.75) is 33.2 Å². The normalized spacial score (nSPS) is 13.2. The van der Waals surface area contributed by atoms with E-state index in [9.17, 15) is 15.3 Å². The molecule has 0 amide bonds. The first-order chi connectivity index (χ1) is 7.73. The second-order valence-corrected chi connectivity index (χ2v) is 4.85. The van der Waals surface area contributed by atoms with Crippen LogP contribution in [0.5, 0.6) is 0 Å². The van der Waals surface area contributed by atoms with Crippen molar-refractivity contribution in [1.29, 1.82) is 0 Å². The molecule has 5 heteroatoms. The Hall–Kier alpha value is -1.91. The number of nitro benzene ring substituents is 1. The number of non-ortho nitro benzene ring substituents is 1. The Labute approximate surface area is 100 Å². The first kappa shape index (κ1) is 13.2. The minimum absolute atomic E-state index is 0.0229. The van der Waals surface area contributed by atoms with Gasteiger partial charge in [-0.2, -0.15) is 0 Å². The molecule has 0 fully saturated rings. The first-order valence-corrected chi connectivity index (χ1v) is 5.29. The fourth-order valence-corrected chi connectivity index (χ4v) is 1.44. The lowest BCUT2D eigenvalue weighted by atomic mass is 10.1. The van der Waals surface area contributed by atoms with Gasteiger partial charge in [-0.3, -0.25) is 10.1 Å². The second-order valence-electron chi connectivity index (χ2n) is 4.85. The topological polar surface area (TPSA) is 69.2 Å². The Morgan fingerprint density at radius 3 is 1.94 bits per heavy atom. The highest BCUT2D eigenvalue weighted by atomic mass is 16.6. The van der Waals surface area contributed by atoms with Crippen molar-refractivity contribution in [3.05, 3.63) is 45.2 Å². The molecule has 5 nitrogen and oxygen atoms in total. The van der Waals surface area contributed by atoms with Gasteiger partial charge in [0.15, 0.2) is 11.3 Å². The molecular weight excluding hydrogens is 220 g/mol. The summed E-state index contributed by atoms with van der Waals surface area (Å²) in [4.78, 5) is 10.0. The van der Waals surface area contributed by atoms with Crippen LogP contribution in [0.4, 0.5) is 5.69 Å². The fraction of sp³-hybridized carbons (Fsp3) is 0.417.